The van der Waals surface area contributed by atoms with E-state index in [2.05, 4.69) is 5.32 Å². The van der Waals surface area contributed by atoms with Crippen molar-refractivity contribution in [1.29, 1.82) is 0 Å². The number of nitrogens with zero attached hydrogens (tertiary/aromatic N) is 1. The molecule has 0 aliphatic heterocycles. The summed E-state index contributed by atoms with van der Waals surface area (Å²) >= 11 is 0. The molecule has 0 aromatic heterocycles. The van der Waals surface area contributed by atoms with Crippen LogP contribution in [-0.4, -0.2) is 42.4 Å². The van der Waals surface area contributed by atoms with Gasteiger partial charge in [0.15, 0.2) is 0 Å². The number of likely N-dealkylation sites (N-methyl/N-ethyl adjacent to an activating group) is 1. The standard InChI is InChI=1S/C12H23N3O2/c1-3-15(4-2)11(16)8-14-12(17)9-5-6-10(13)7-9/h9-10H,3-8,13H2,1-2H3,(H,14,17). The summed E-state index contributed by atoms with van der Waals surface area (Å²) in [6, 6.07) is 0.143. The Hall–Kier alpha value is -1.10. The molecule has 0 heterocycles. The molecule has 2 unspecified atom stereocenters. The molecule has 3 N–H and O–H groups in total. The molecule has 0 radical (unpaired) electrons. The van der Waals surface area contributed by atoms with Gasteiger partial charge in [-0.25, -0.2) is 0 Å². The summed E-state index contributed by atoms with van der Waals surface area (Å²) in [4.78, 5) is 25.1. The zero-order valence-corrected chi connectivity index (χ0v) is 10.7. The molecule has 2 atom stereocenters. The van der Waals surface area contributed by atoms with Crippen LogP contribution in [0.25, 0.3) is 0 Å². The van der Waals surface area contributed by atoms with Crippen molar-refractivity contribution in [3.8, 4) is 0 Å². The summed E-state index contributed by atoms with van der Waals surface area (Å²) < 4.78 is 0. The molecule has 2 amide bonds. The van der Waals surface area contributed by atoms with Crippen molar-refractivity contribution in [2.24, 2.45) is 11.7 Å². The largest absolute Gasteiger partial charge is 0.347 e. The van der Waals surface area contributed by atoms with Gasteiger partial charge in [-0.3, -0.25) is 9.59 Å². The highest BCUT2D eigenvalue weighted by Crippen LogP contribution is 2.23. The SMILES string of the molecule is CCN(CC)C(=O)CNC(=O)C1CCC(N)C1. The molecular weight excluding hydrogens is 218 g/mol. The first-order chi connectivity index (χ1) is 8.08. The zero-order chi connectivity index (χ0) is 12.8. The van der Waals surface area contributed by atoms with E-state index in [0.29, 0.717) is 13.1 Å². The molecule has 5 heteroatoms. The average molecular weight is 241 g/mol. The Morgan fingerprint density at radius 2 is 1.94 bits per heavy atom. The Balaban J connectivity index is 2.30. The van der Waals surface area contributed by atoms with Gasteiger partial charge in [0.25, 0.3) is 0 Å². The van der Waals surface area contributed by atoms with Crippen molar-refractivity contribution in [3.63, 3.8) is 0 Å². The van der Waals surface area contributed by atoms with Crippen LogP contribution in [0.2, 0.25) is 0 Å². The van der Waals surface area contributed by atoms with Crippen LogP contribution >= 0.6 is 0 Å². The summed E-state index contributed by atoms with van der Waals surface area (Å²) in [5, 5.41) is 2.71. The van der Waals surface area contributed by atoms with Crippen LogP contribution in [0.3, 0.4) is 0 Å². The monoisotopic (exact) mass is 241 g/mol. The molecule has 1 aliphatic carbocycles. The molecule has 98 valence electrons. The lowest BCUT2D eigenvalue weighted by Crippen LogP contribution is -2.41. The molecule has 0 aromatic carbocycles. The minimum atomic E-state index is -0.0292. The topological polar surface area (TPSA) is 75.4 Å². The summed E-state index contributed by atoms with van der Waals surface area (Å²) in [5.41, 5.74) is 5.75. The molecule has 1 rings (SSSR count). The molecule has 1 aliphatic rings. The van der Waals surface area contributed by atoms with Crippen LogP contribution < -0.4 is 11.1 Å². The van der Waals surface area contributed by atoms with Crippen LogP contribution in [0.1, 0.15) is 33.1 Å². The van der Waals surface area contributed by atoms with Gasteiger partial charge in [0, 0.05) is 25.0 Å². The van der Waals surface area contributed by atoms with Gasteiger partial charge in [0.1, 0.15) is 0 Å². The third kappa shape index (κ3) is 4.00. The number of carbonyl (C=O) groups is 2. The third-order valence-electron chi connectivity index (χ3n) is 3.37. The van der Waals surface area contributed by atoms with E-state index in [1.807, 2.05) is 13.8 Å². The van der Waals surface area contributed by atoms with E-state index in [4.69, 9.17) is 5.73 Å². The molecule has 0 spiro atoms. The molecule has 1 saturated carbocycles. The van der Waals surface area contributed by atoms with Crippen molar-refractivity contribution in [2.45, 2.75) is 39.2 Å². The fourth-order valence-corrected chi connectivity index (χ4v) is 2.25. The molecule has 0 aromatic rings. The lowest BCUT2D eigenvalue weighted by molar-refractivity contribution is -0.133. The second-order valence-electron chi connectivity index (χ2n) is 4.55. The first-order valence-corrected chi connectivity index (χ1v) is 6.39. The number of rotatable bonds is 5. The summed E-state index contributed by atoms with van der Waals surface area (Å²) in [7, 11) is 0. The fraction of sp³-hybridized carbons (Fsp3) is 0.833. The highest BCUT2D eigenvalue weighted by molar-refractivity contribution is 5.86. The Labute approximate surface area is 103 Å². The Bertz CT molecular complexity index is 277. The molecular formula is C12H23N3O2. The van der Waals surface area contributed by atoms with Gasteiger partial charge in [-0.05, 0) is 33.1 Å². The van der Waals surface area contributed by atoms with Gasteiger partial charge in [0.05, 0.1) is 6.54 Å². The van der Waals surface area contributed by atoms with Crippen molar-refractivity contribution >= 4 is 11.8 Å². The van der Waals surface area contributed by atoms with Gasteiger partial charge < -0.3 is 16.0 Å². The lowest BCUT2D eigenvalue weighted by Gasteiger charge is -2.19. The van der Waals surface area contributed by atoms with Gasteiger partial charge >= 0.3 is 0 Å². The van der Waals surface area contributed by atoms with Crippen molar-refractivity contribution < 1.29 is 9.59 Å². The van der Waals surface area contributed by atoms with E-state index in [-0.39, 0.29) is 30.3 Å². The van der Waals surface area contributed by atoms with Crippen LogP contribution in [0, 0.1) is 5.92 Å². The summed E-state index contributed by atoms with van der Waals surface area (Å²) in [6.45, 7) is 5.32. The van der Waals surface area contributed by atoms with Gasteiger partial charge in [-0.2, -0.15) is 0 Å². The predicted molar refractivity (Wildman–Crippen MR) is 66.3 cm³/mol. The van der Waals surface area contributed by atoms with Gasteiger partial charge in [-0.15, -0.1) is 0 Å². The minimum Gasteiger partial charge on any atom is -0.347 e. The van der Waals surface area contributed by atoms with Crippen molar-refractivity contribution in [3.05, 3.63) is 0 Å². The van der Waals surface area contributed by atoms with Crippen LogP contribution in [0.4, 0.5) is 0 Å². The third-order valence-corrected chi connectivity index (χ3v) is 3.37. The fourth-order valence-electron chi connectivity index (χ4n) is 2.25. The van der Waals surface area contributed by atoms with Gasteiger partial charge in [0.2, 0.25) is 11.8 Å². The van der Waals surface area contributed by atoms with E-state index in [0.717, 1.165) is 19.3 Å². The maximum absolute atomic E-state index is 11.8. The van der Waals surface area contributed by atoms with Gasteiger partial charge in [-0.1, -0.05) is 0 Å². The Morgan fingerprint density at radius 1 is 1.29 bits per heavy atom. The average Bonchev–Trinajstić information content (AvgIpc) is 2.74. The maximum Gasteiger partial charge on any atom is 0.241 e. The normalized spacial score (nSPS) is 23.5. The van der Waals surface area contributed by atoms with Crippen LogP contribution in [-0.2, 0) is 9.59 Å². The quantitative estimate of drug-likeness (QED) is 0.716. The van der Waals surface area contributed by atoms with E-state index in [1.165, 1.54) is 0 Å². The first-order valence-electron chi connectivity index (χ1n) is 6.39. The lowest BCUT2D eigenvalue weighted by atomic mass is 10.1. The second-order valence-corrected chi connectivity index (χ2v) is 4.55. The molecule has 1 fully saturated rings. The molecule has 0 saturated heterocycles. The van der Waals surface area contributed by atoms with Crippen molar-refractivity contribution in [1.82, 2.24) is 10.2 Å². The molecule has 5 nitrogen and oxygen atoms in total. The molecule has 0 bridgehead atoms. The number of carbonyl (C=O) groups excluding carboxylic acids is 2. The number of hydrogen-bond acceptors (Lipinski definition) is 3. The highest BCUT2D eigenvalue weighted by atomic mass is 16.2. The van der Waals surface area contributed by atoms with Crippen molar-refractivity contribution in [2.75, 3.05) is 19.6 Å². The number of nitrogens with two attached hydrogens (primary N) is 1. The van der Waals surface area contributed by atoms with Crippen LogP contribution in [0.15, 0.2) is 0 Å². The zero-order valence-electron chi connectivity index (χ0n) is 10.7. The predicted octanol–water partition coefficient (Wildman–Crippen LogP) is 0.0984. The van der Waals surface area contributed by atoms with Crippen LogP contribution in [0.5, 0.6) is 0 Å². The number of nitrogens with one attached hydrogen (secondary N) is 1. The summed E-state index contributed by atoms with van der Waals surface area (Å²) in [6.07, 6.45) is 2.49. The van der Waals surface area contributed by atoms with E-state index >= 15 is 0 Å². The number of hydrogen-bond donors (Lipinski definition) is 2. The van der Waals surface area contributed by atoms with E-state index in [9.17, 15) is 9.59 Å². The summed E-state index contributed by atoms with van der Waals surface area (Å²) in [5.74, 6) is -0.0568. The highest BCUT2D eigenvalue weighted by Gasteiger charge is 2.27. The minimum absolute atomic E-state index is 0.00509. The maximum atomic E-state index is 11.8. The molecule has 17 heavy (non-hydrogen) atoms. The smallest absolute Gasteiger partial charge is 0.241 e. The Kier molecular flexibility index (Phi) is 5.41. The first kappa shape index (κ1) is 14.0. The Morgan fingerprint density at radius 3 is 2.41 bits per heavy atom. The van der Waals surface area contributed by atoms with E-state index in [1.54, 1.807) is 4.90 Å². The second kappa shape index (κ2) is 6.59. The number of amides is 2. The van der Waals surface area contributed by atoms with E-state index < -0.39 is 0 Å².